The summed E-state index contributed by atoms with van der Waals surface area (Å²) in [5.41, 5.74) is 1.30. The van der Waals surface area contributed by atoms with E-state index in [1.54, 1.807) is 0 Å². The molecule has 0 radical (unpaired) electrons. The molecule has 1 fully saturated rings. The third kappa shape index (κ3) is 2.77. The summed E-state index contributed by atoms with van der Waals surface area (Å²) in [6.45, 7) is 4.92. The Hall–Kier alpha value is -1.06. The molecule has 3 heteroatoms. The maximum absolute atomic E-state index is 6.23. The van der Waals surface area contributed by atoms with E-state index < -0.39 is 0 Å². The van der Waals surface area contributed by atoms with Crippen LogP contribution in [-0.4, -0.2) is 25.9 Å². The Morgan fingerprint density at radius 1 is 1.32 bits per heavy atom. The summed E-state index contributed by atoms with van der Waals surface area (Å²) in [5, 5.41) is 3.59. The standard InChI is InChI=1S/C16H23NO2/c1-2-17-14-10-16(12-6-5-9-18-11-12)19-15-8-4-3-7-13(14)15/h3-4,7-8,12,14,16-17H,2,5-6,9-11H2,1H3. The molecular formula is C16H23NO2. The van der Waals surface area contributed by atoms with Gasteiger partial charge >= 0.3 is 0 Å². The average Bonchev–Trinajstić information content (AvgIpc) is 2.48. The lowest BCUT2D eigenvalue weighted by molar-refractivity contribution is -0.0110. The number of hydrogen-bond donors (Lipinski definition) is 1. The molecule has 0 saturated carbocycles. The van der Waals surface area contributed by atoms with E-state index in [-0.39, 0.29) is 0 Å². The van der Waals surface area contributed by atoms with E-state index in [9.17, 15) is 0 Å². The van der Waals surface area contributed by atoms with Crippen LogP contribution in [0, 0.1) is 5.92 Å². The topological polar surface area (TPSA) is 30.5 Å². The lowest BCUT2D eigenvalue weighted by Crippen LogP contribution is -2.40. The third-order valence-electron chi connectivity index (χ3n) is 4.21. The number of rotatable bonds is 3. The van der Waals surface area contributed by atoms with Crippen LogP contribution in [0.15, 0.2) is 24.3 Å². The maximum Gasteiger partial charge on any atom is 0.124 e. The molecule has 3 rings (SSSR count). The third-order valence-corrected chi connectivity index (χ3v) is 4.21. The summed E-state index contributed by atoms with van der Waals surface area (Å²) in [5.74, 6) is 1.60. The quantitative estimate of drug-likeness (QED) is 0.907. The first-order chi connectivity index (χ1) is 9.38. The highest BCUT2D eigenvalue weighted by Gasteiger charge is 2.33. The Balaban J connectivity index is 1.79. The first kappa shape index (κ1) is 12.9. The fourth-order valence-corrected chi connectivity index (χ4v) is 3.23. The first-order valence-electron chi connectivity index (χ1n) is 7.45. The molecule has 0 spiro atoms. The highest BCUT2D eigenvalue weighted by molar-refractivity contribution is 5.38. The molecular weight excluding hydrogens is 238 g/mol. The molecule has 2 aliphatic heterocycles. The molecule has 3 nitrogen and oxygen atoms in total. The van der Waals surface area contributed by atoms with E-state index in [0.717, 1.165) is 38.3 Å². The van der Waals surface area contributed by atoms with Crippen LogP contribution in [0.25, 0.3) is 0 Å². The van der Waals surface area contributed by atoms with E-state index in [1.807, 2.05) is 0 Å². The monoisotopic (exact) mass is 261 g/mol. The molecule has 0 amide bonds. The van der Waals surface area contributed by atoms with Crippen molar-refractivity contribution in [3.05, 3.63) is 29.8 Å². The van der Waals surface area contributed by atoms with Gasteiger partial charge in [0.15, 0.2) is 0 Å². The highest BCUT2D eigenvalue weighted by atomic mass is 16.5. The van der Waals surface area contributed by atoms with Crippen LogP contribution >= 0.6 is 0 Å². The second kappa shape index (κ2) is 5.93. The zero-order valence-corrected chi connectivity index (χ0v) is 11.6. The molecule has 0 aliphatic carbocycles. The average molecular weight is 261 g/mol. The van der Waals surface area contributed by atoms with Crippen molar-refractivity contribution < 1.29 is 9.47 Å². The molecule has 0 bridgehead atoms. The molecule has 1 N–H and O–H groups in total. The minimum Gasteiger partial charge on any atom is -0.490 e. The Bertz CT molecular complexity index is 415. The molecule has 3 unspecified atom stereocenters. The van der Waals surface area contributed by atoms with Crippen LogP contribution in [0.3, 0.4) is 0 Å². The van der Waals surface area contributed by atoms with Crippen molar-refractivity contribution in [3.8, 4) is 5.75 Å². The van der Waals surface area contributed by atoms with E-state index in [0.29, 0.717) is 18.1 Å². The summed E-state index contributed by atoms with van der Waals surface area (Å²) in [6, 6.07) is 8.84. The van der Waals surface area contributed by atoms with Gasteiger partial charge in [0.05, 0.1) is 6.61 Å². The molecule has 2 aliphatic rings. The van der Waals surface area contributed by atoms with Crippen LogP contribution < -0.4 is 10.1 Å². The predicted octanol–water partition coefficient (Wildman–Crippen LogP) is 2.91. The van der Waals surface area contributed by atoms with Crippen molar-refractivity contribution in [3.63, 3.8) is 0 Å². The number of hydrogen-bond acceptors (Lipinski definition) is 3. The van der Waals surface area contributed by atoms with E-state index in [1.165, 1.54) is 12.0 Å². The van der Waals surface area contributed by atoms with Crippen molar-refractivity contribution in [2.45, 2.75) is 38.3 Å². The molecule has 1 aromatic rings. The SMILES string of the molecule is CCNC1CC(C2CCCOC2)Oc2ccccc21. The minimum absolute atomic E-state index is 0.291. The Labute approximate surface area is 115 Å². The zero-order chi connectivity index (χ0) is 13.1. The second-order valence-electron chi connectivity index (χ2n) is 5.52. The van der Waals surface area contributed by atoms with Gasteiger partial charge in [-0.2, -0.15) is 0 Å². The van der Waals surface area contributed by atoms with Gasteiger partial charge in [0.2, 0.25) is 0 Å². The summed E-state index contributed by atoms with van der Waals surface area (Å²) >= 11 is 0. The fourth-order valence-electron chi connectivity index (χ4n) is 3.23. The summed E-state index contributed by atoms with van der Waals surface area (Å²) in [4.78, 5) is 0. The molecule has 2 heterocycles. The largest absolute Gasteiger partial charge is 0.490 e. The predicted molar refractivity (Wildman–Crippen MR) is 75.4 cm³/mol. The smallest absolute Gasteiger partial charge is 0.124 e. The minimum atomic E-state index is 0.291. The van der Waals surface area contributed by atoms with Gasteiger partial charge in [0, 0.05) is 30.6 Å². The number of fused-ring (bicyclic) bond motifs is 1. The van der Waals surface area contributed by atoms with Gasteiger partial charge in [-0.15, -0.1) is 0 Å². The van der Waals surface area contributed by atoms with Crippen molar-refractivity contribution in [1.29, 1.82) is 0 Å². The molecule has 104 valence electrons. The van der Waals surface area contributed by atoms with Crippen LogP contribution in [-0.2, 0) is 4.74 Å². The summed E-state index contributed by atoms with van der Waals surface area (Å²) in [6.07, 6.45) is 3.74. The molecule has 0 aromatic heterocycles. The van der Waals surface area contributed by atoms with Gasteiger partial charge in [-0.05, 0) is 25.5 Å². The van der Waals surface area contributed by atoms with Crippen molar-refractivity contribution in [2.75, 3.05) is 19.8 Å². The van der Waals surface area contributed by atoms with E-state index >= 15 is 0 Å². The molecule has 1 aromatic carbocycles. The van der Waals surface area contributed by atoms with Crippen molar-refractivity contribution in [1.82, 2.24) is 5.32 Å². The van der Waals surface area contributed by atoms with Gasteiger partial charge in [-0.1, -0.05) is 25.1 Å². The zero-order valence-electron chi connectivity index (χ0n) is 11.6. The normalized spacial score (nSPS) is 30.5. The second-order valence-corrected chi connectivity index (χ2v) is 5.52. The van der Waals surface area contributed by atoms with Gasteiger partial charge in [0.25, 0.3) is 0 Å². The lowest BCUT2D eigenvalue weighted by Gasteiger charge is -2.38. The van der Waals surface area contributed by atoms with Crippen LogP contribution in [0.2, 0.25) is 0 Å². The Morgan fingerprint density at radius 2 is 2.21 bits per heavy atom. The highest BCUT2D eigenvalue weighted by Crippen LogP contribution is 2.38. The van der Waals surface area contributed by atoms with Crippen molar-refractivity contribution in [2.24, 2.45) is 5.92 Å². The lowest BCUT2D eigenvalue weighted by atomic mass is 9.87. The van der Waals surface area contributed by atoms with Crippen LogP contribution in [0.1, 0.15) is 37.8 Å². The number of nitrogens with one attached hydrogen (secondary N) is 1. The summed E-state index contributed by atoms with van der Waals surface area (Å²) < 4.78 is 11.8. The number of para-hydroxylation sites is 1. The van der Waals surface area contributed by atoms with Gasteiger partial charge < -0.3 is 14.8 Å². The maximum atomic E-state index is 6.23. The number of ether oxygens (including phenoxy) is 2. The molecule has 3 atom stereocenters. The van der Waals surface area contributed by atoms with Gasteiger partial charge in [0.1, 0.15) is 11.9 Å². The summed E-state index contributed by atoms with van der Waals surface area (Å²) in [7, 11) is 0. The fraction of sp³-hybridized carbons (Fsp3) is 0.625. The first-order valence-corrected chi connectivity index (χ1v) is 7.45. The van der Waals surface area contributed by atoms with Gasteiger partial charge in [-0.3, -0.25) is 0 Å². The number of benzene rings is 1. The Kier molecular flexibility index (Phi) is 4.04. The van der Waals surface area contributed by atoms with Crippen LogP contribution in [0.5, 0.6) is 5.75 Å². The van der Waals surface area contributed by atoms with Gasteiger partial charge in [-0.25, -0.2) is 0 Å². The Morgan fingerprint density at radius 3 is 3.00 bits per heavy atom. The van der Waals surface area contributed by atoms with E-state index in [2.05, 4.69) is 36.5 Å². The molecule has 19 heavy (non-hydrogen) atoms. The van der Waals surface area contributed by atoms with Crippen LogP contribution in [0.4, 0.5) is 0 Å². The molecule has 1 saturated heterocycles. The van der Waals surface area contributed by atoms with E-state index in [4.69, 9.17) is 9.47 Å². The van der Waals surface area contributed by atoms with Crippen molar-refractivity contribution >= 4 is 0 Å².